The third kappa shape index (κ3) is 6.30. The van der Waals surface area contributed by atoms with E-state index in [4.69, 9.17) is 0 Å². The molecular formula is C26H25F2N3O3S. The molecule has 1 atom stereocenters. The highest BCUT2D eigenvalue weighted by Gasteiger charge is 2.25. The first-order chi connectivity index (χ1) is 16.9. The lowest BCUT2D eigenvalue weighted by atomic mass is 10.0. The van der Waals surface area contributed by atoms with E-state index in [0.717, 1.165) is 24.6 Å². The summed E-state index contributed by atoms with van der Waals surface area (Å²) in [4.78, 5) is 28.3. The fraction of sp³-hybridized carbons (Fsp3) is 0.231. The number of nitrogens with zero attached hydrogens (tertiary/aromatic N) is 1. The fourth-order valence-electron chi connectivity index (χ4n) is 3.87. The standard InChI is InChI=1S/C26H25F2N3O3S/c27-18-7-10-24(31-11-13-35-14-12-31)22(16-18)29-26(34)23(15-17-5-8-19(32)9-6-17)30-25(33)20-3-1-2-4-21(20)28/h1-10,16,23,32H,11-15H2,(H,29,34)(H,30,33)/t23-/m1/s1. The van der Waals surface area contributed by atoms with Crippen molar-refractivity contribution in [2.45, 2.75) is 12.5 Å². The Hall–Kier alpha value is -3.59. The molecule has 4 rings (SSSR count). The van der Waals surface area contributed by atoms with Gasteiger partial charge in [0, 0.05) is 31.0 Å². The Morgan fingerprint density at radius 2 is 1.71 bits per heavy atom. The molecule has 182 valence electrons. The molecule has 0 unspecified atom stereocenters. The zero-order chi connectivity index (χ0) is 24.8. The Balaban J connectivity index is 1.59. The smallest absolute Gasteiger partial charge is 0.254 e. The molecule has 0 aromatic heterocycles. The van der Waals surface area contributed by atoms with Gasteiger partial charge in [0.05, 0.1) is 16.9 Å². The summed E-state index contributed by atoms with van der Waals surface area (Å²) < 4.78 is 28.3. The average Bonchev–Trinajstić information content (AvgIpc) is 2.86. The third-order valence-corrected chi connectivity index (χ3v) is 6.63. The van der Waals surface area contributed by atoms with E-state index in [1.165, 1.54) is 48.5 Å². The van der Waals surface area contributed by atoms with Gasteiger partial charge in [-0.1, -0.05) is 24.3 Å². The number of benzene rings is 3. The Morgan fingerprint density at radius 1 is 1.00 bits per heavy atom. The number of aromatic hydroxyl groups is 1. The minimum atomic E-state index is -1.08. The summed E-state index contributed by atoms with van der Waals surface area (Å²) in [6, 6.07) is 14.9. The molecule has 3 aromatic rings. The summed E-state index contributed by atoms with van der Waals surface area (Å²) in [5, 5.41) is 14.9. The maximum absolute atomic E-state index is 14.2. The highest BCUT2D eigenvalue weighted by Crippen LogP contribution is 2.29. The second-order valence-corrected chi connectivity index (χ2v) is 9.35. The summed E-state index contributed by atoms with van der Waals surface area (Å²) in [7, 11) is 0. The molecule has 3 N–H and O–H groups in total. The van der Waals surface area contributed by atoms with Crippen molar-refractivity contribution in [3.05, 3.63) is 89.5 Å². The Labute approximate surface area is 206 Å². The molecule has 2 amide bonds. The maximum Gasteiger partial charge on any atom is 0.254 e. The Morgan fingerprint density at radius 3 is 2.43 bits per heavy atom. The minimum absolute atomic E-state index is 0.0641. The van der Waals surface area contributed by atoms with Crippen LogP contribution in [0.5, 0.6) is 5.75 Å². The van der Waals surface area contributed by atoms with E-state index in [1.54, 1.807) is 18.2 Å². The van der Waals surface area contributed by atoms with Crippen molar-refractivity contribution < 1.29 is 23.5 Å². The van der Waals surface area contributed by atoms with E-state index in [1.807, 2.05) is 11.8 Å². The second-order valence-electron chi connectivity index (χ2n) is 8.13. The van der Waals surface area contributed by atoms with Crippen molar-refractivity contribution in [2.75, 3.05) is 34.8 Å². The molecule has 1 aliphatic rings. The molecule has 3 aromatic carbocycles. The van der Waals surface area contributed by atoms with Crippen LogP contribution in [0.2, 0.25) is 0 Å². The van der Waals surface area contributed by atoms with E-state index in [0.29, 0.717) is 16.9 Å². The molecule has 0 bridgehead atoms. The van der Waals surface area contributed by atoms with Gasteiger partial charge >= 0.3 is 0 Å². The lowest BCUT2D eigenvalue weighted by Gasteiger charge is -2.30. The summed E-state index contributed by atoms with van der Waals surface area (Å²) in [5.41, 5.74) is 1.49. The first-order valence-corrected chi connectivity index (χ1v) is 12.3. The van der Waals surface area contributed by atoms with E-state index < -0.39 is 29.5 Å². The van der Waals surface area contributed by atoms with Crippen LogP contribution in [0.25, 0.3) is 0 Å². The summed E-state index contributed by atoms with van der Waals surface area (Å²) >= 11 is 1.83. The van der Waals surface area contributed by atoms with Crippen molar-refractivity contribution in [3.8, 4) is 5.75 Å². The van der Waals surface area contributed by atoms with Crippen LogP contribution in [-0.4, -0.2) is 47.6 Å². The van der Waals surface area contributed by atoms with Crippen molar-refractivity contribution >= 4 is 35.0 Å². The molecule has 1 aliphatic heterocycles. The summed E-state index contributed by atoms with van der Waals surface area (Å²) in [6.07, 6.45) is 0.0807. The second kappa shape index (κ2) is 11.2. The lowest BCUT2D eigenvalue weighted by Crippen LogP contribution is -2.45. The predicted molar refractivity (Wildman–Crippen MR) is 134 cm³/mol. The highest BCUT2D eigenvalue weighted by molar-refractivity contribution is 7.99. The number of phenolic OH excluding ortho intramolecular Hbond substituents is 1. The molecule has 6 nitrogen and oxygen atoms in total. The number of phenols is 1. The van der Waals surface area contributed by atoms with Crippen LogP contribution in [-0.2, 0) is 11.2 Å². The van der Waals surface area contributed by atoms with Crippen LogP contribution < -0.4 is 15.5 Å². The highest BCUT2D eigenvalue weighted by atomic mass is 32.2. The van der Waals surface area contributed by atoms with Crippen molar-refractivity contribution in [1.29, 1.82) is 0 Å². The van der Waals surface area contributed by atoms with Gasteiger partial charge in [0.15, 0.2) is 0 Å². The zero-order valence-corrected chi connectivity index (χ0v) is 19.7. The number of halogens is 2. The van der Waals surface area contributed by atoms with Crippen LogP contribution in [0.1, 0.15) is 15.9 Å². The molecule has 1 fully saturated rings. The number of carbonyl (C=O) groups is 2. The topological polar surface area (TPSA) is 81.7 Å². The molecule has 1 saturated heterocycles. The predicted octanol–water partition coefficient (Wildman–Crippen LogP) is 4.20. The average molecular weight is 498 g/mol. The summed E-state index contributed by atoms with van der Waals surface area (Å²) in [5.74, 6) is -0.602. The number of hydrogen-bond donors (Lipinski definition) is 3. The number of anilines is 2. The van der Waals surface area contributed by atoms with Crippen molar-refractivity contribution in [3.63, 3.8) is 0 Å². The number of thioether (sulfide) groups is 1. The molecule has 35 heavy (non-hydrogen) atoms. The van der Waals surface area contributed by atoms with Crippen molar-refractivity contribution in [1.82, 2.24) is 5.32 Å². The van der Waals surface area contributed by atoms with E-state index in [-0.39, 0.29) is 17.7 Å². The van der Waals surface area contributed by atoms with Gasteiger partial charge in [-0.05, 0) is 48.0 Å². The molecule has 0 radical (unpaired) electrons. The van der Waals surface area contributed by atoms with Crippen molar-refractivity contribution in [2.24, 2.45) is 0 Å². The molecule has 1 heterocycles. The van der Waals surface area contributed by atoms with Gasteiger partial charge < -0.3 is 20.6 Å². The van der Waals surface area contributed by atoms with Gasteiger partial charge in [0.25, 0.3) is 5.91 Å². The van der Waals surface area contributed by atoms with Crippen LogP contribution in [0.15, 0.2) is 66.7 Å². The number of hydrogen-bond acceptors (Lipinski definition) is 5. The van der Waals surface area contributed by atoms with Gasteiger partial charge in [0.1, 0.15) is 23.4 Å². The minimum Gasteiger partial charge on any atom is -0.508 e. The van der Waals surface area contributed by atoms with Crippen LogP contribution in [0.3, 0.4) is 0 Å². The SMILES string of the molecule is O=C(N[C@H](Cc1ccc(O)cc1)C(=O)Nc1cc(F)ccc1N1CCSCC1)c1ccccc1F. The lowest BCUT2D eigenvalue weighted by molar-refractivity contribution is -0.118. The number of nitrogens with one attached hydrogen (secondary N) is 2. The van der Waals surface area contributed by atoms with E-state index >= 15 is 0 Å². The number of amides is 2. The molecular weight excluding hydrogens is 472 g/mol. The first-order valence-electron chi connectivity index (χ1n) is 11.2. The van der Waals surface area contributed by atoms with Gasteiger partial charge in [-0.25, -0.2) is 8.78 Å². The van der Waals surface area contributed by atoms with Gasteiger partial charge in [-0.2, -0.15) is 11.8 Å². The molecule has 9 heteroatoms. The largest absolute Gasteiger partial charge is 0.508 e. The van der Waals surface area contributed by atoms with Gasteiger partial charge in [-0.15, -0.1) is 0 Å². The van der Waals surface area contributed by atoms with E-state index in [9.17, 15) is 23.5 Å². The van der Waals surface area contributed by atoms with Crippen LogP contribution >= 0.6 is 11.8 Å². The zero-order valence-electron chi connectivity index (χ0n) is 18.8. The summed E-state index contributed by atoms with van der Waals surface area (Å²) in [6.45, 7) is 1.53. The maximum atomic E-state index is 14.2. The monoisotopic (exact) mass is 497 g/mol. The van der Waals surface area contributed by atoms with Gasteiger partial charge in [0.2, 0.25) is 5.91 Å². The van der Waals surface area contributed by atoms with Gasteiger partial charge in [-0.3, -0.25) is 9.59 Å². The third-order valence-electron chi connectivity index (χ3n) is 5.68. The fourth-order valence-corrected chi connectivity index (χ4v) is 4.77. The van der Waals surface area contributed by atoms with Crippen LogP contribution in [0.4, 0.5) is 20.2 Å². The molecule has 0 aliphatic carbocycles. The van der Waals surface area contributed by atoms with E-state index in [2.05, 4.69) is 15.5 Å². The quantitative estimate of drug-likeness (QED) is 0.456. The Kier molecular flexibility index (Phi) is 7.87. The first kappa shape index (κ1) is 24.5. The number of carbonyl (C=O) groups excluding carboxylic acids is 2. The van der Waals surface area contributed by atoms with Crippen LogP contribution in [0, 0.1) is 11.6 Å². The normalized spacial score (nSPS) is 14.3. The number of rotatable bonds is 7. The molecule has 0 spiro atoms. The Bertz CT molecular complexity index is 1200. The molecule has 0 saturated carbocycles.